The van der Waals surface area contributed by atoms with E-state index in [2.05, 4.69) is 4.98 Å². The lowest BCUT2D eigenvalue weighted by molar-refractivity contribution is -0.387. The summed E-state index contributed by atoms with van der Waals surface area (Å²) in [6.45, 7) is 1.98. The van der Waals surface area contributed by atoms with Gasteiger partial charge in [0.25, 0.3) is 0 Å². The first-order valence-corrected chi connectivity index (χ1v) is 7.14. The van der Waals surface area contributed by atoms with Crippen molar-refractivity contribution in [2.24, 2.45) is 0 Å². The molecule has 23 heavy (non-hydrogen) atoms. The lowest BCUT2D eigenvalue weighted by Gasteiger charge is -2.11. The third-order valence-electron chi connectivity index (χ3n) is 3.83. The number of nitrogens with zero attached hydrogens (tertiary/aromatic N) is 1. The van der Waals surface area contributed by atoms with Crippen LogP contribution in [0.25, 0.3) is 22.0 Å². The number of nitro groups is 1. The van der Waals surface area contributed by atoms with Crippen LogP contribution in [0.4, 0.5) is 5.69 Å². The molecule has 116 valence electrons. The number of fused-ring (bicyclic) bond motifs is 1. The minimum Gasteiger partial charge on any atom is -0.501 e. The molecule has 2 N–H and O–H groups in total. The van der Waals surface area contributed by atoms with E-state index >= 15 is 0 Å². The summed E-state index contributed by atoms with van der Waals surface area (Å²) in [6, 6.07) is 13.0. The highest BCUT2D eigenvalue weighted by Gasteiger charge is 2.23. The highest BCUT2D eigenvalue weighted by atomic mass is 16.6. The van der Waals surface area contributed by atoms with Gasteiger partial charge in [-0.15, -0.1) is 0 Å². The van der Waals surface area contributed by atoms with E-state index in [0.29, 0.717) is 5.52 Å². The van der Waals surface area contributed by atoms with Crippen molar-refractivity contribution >= 4 is 16.6 Å². The fourth-order valence-corrected chi connectivity index (χ4v) is 2.71. The second-order valence-corrected chi connectivity index (χ2v) is 5.18. The van der Waals surface area contributed by atoms with Gasteiger partial charge in [0.15, 0.2) is 0 Å². The Hall–Kier alpha value is -3.15. The minimum atomic E-state index is -0.908. The number of aryl methyl sites for hydroxylation is 1. The van der Waals surface area contributed by atoms with Gasteiger partial charge >= 0.3 is 11.2 Å². The quantitative estimate of drug-likeness (QED) is 0.572. The normalized spacial score (nSPS) is 10.8. The SMILES string of the molecule is CCc1cc2[nH]c(=O)c([N+](=O)[O-])c(O)c2cc1-c1ccccc1. The van der Waals surface area contributed by atoms with Gasteiger partial charge in [-0.2, -0.15) is 0 Å². The zero-order chi connectivity index (χ0) is 16.6. The number of H-pyrrole nitrogens is 1. The maximum absolute atomic E-state index is 11.8. The number of aromatic hydroxyl groups is 1. The Labute approximate surface area is 131 Å². The number of rotatable bonds is 3. The lowest BCUT2D eigenvalue weighted by atomic mass is 9.95. The van der Waals surface area contributed by atoms with Crippen LogP contribution < -0.4 is 5.56 Å². The molecule has 0 aliphatic carbocycles. The molecule has 1 aromatic heterocycles. The Morgan fingerprint density at radius 1 is 1.22 bits per heavy atom. The van der Waals surface area contributed by atoms with Crippen molar-refractivity contribution in [3.05, 3.63) is 68.5 Å². The van der Waals surface area contributed by atoms with Crippen molar-refractivity contribution in [3.8, 4) is 16.9 Å². The van der Waals surface area contributed by atoms with Crippen molar-refractivity contribution in [1.82, 2.24) is 4.98 Å². The van der Waals surface area contributed by atoms with Crippen LogP contribution in [0.15, 0.2) is 47.3 Å². The standard InChI is InChI=1S/C17H14N2O4/c1-2-10-8-14-13(9-12(10)11-6-4-3-5-7-11)16(20)15(19(22)23)17(21)18-14/h3-9H,2H2,1H3,(H2,18,20,21). The molecule has 3 rings (SSSR count). The second kappa shape index (κ2) is 5.57. The number of pyridine rings is 1. The van der Waals surface area contributed by atoms with E-state index in [0.717, 1.165) is 23.1 Å². The van der Waals surface area contributed by atoms with E-state index in [1.165, 1.54) is 0 Å². The topological polar surface area (TPSA) is 96.2 Å². The van der Waals surface area contributed by atoms with E-state index in [9.17, 15) is 20.0 Å². The zero-order valence-electron chi connectivity index (χ0n) is 12.4. The number of aromatic amines is 1. The average Bonchev–Trinajstić information content (AvgIpc) is 2.54. The summed E-state index contributed by atoms with van der Waals surface area (Å²) < 4.78 is 0. The summed E-state index contributed by atoms with van der Waals surface area (Å²) >= 11 is 0. The fourth-order valence-electron chi connectivity index (χ4n) is 2.71. The summed E-state index contributed by atoms with van der Waals surface area (Å²) in [4.78, 5) is 24.4. The van der Waals surface area contributed by atoms with Gasteiger partial charge in [0.05, 0.1) is 10.4 Å². The van der Waals surface area contributed by atoms with Gasteiger partial charge in [0.2, 0.25) is 5.75 Å². The van der Waals surface area contributed by atoms with Crippen molar-refractivity contribution < 1.29 is 10.0 Å². The zero-order valence-corrected chi connectivity index (χ0v) is 12.4. The number of benzene rings is 2. The summed E-state index contributed by atoms with van der Waals surface area (Å²) in [7, 11) is 0. The first kappa shape index (κ1) is 14.8. The molecule has 0 unspecified atom stereocenters. The molecule has 3 aromatic rings. The monoisotopic (exact) mass is 310 g/mol. The summed E-state index contributed by atoms with van der Waals surface area (Å²) in [5.41, 5.74) is 1.44. The minimum absolute atomic E-state index is 0.257. The maximum Gasteiger partial charge on any atom is 0.375 e. The van der Waals surface area contributed by atoms with Crippen LogP contribution in [0.2, 0.25) is 0 Å². The van der Waals surface area contributed by atoms with Gasteiger partial charge in [-0.1, -0.05) is 37.3 Å². The number of aromatic nitrogens is 1. The van der Waals surface area contributed by atoms with E-state index in [4.69, 9.17) is 0 Å². The Morgan fingerprint density at radius 3 is 2.52 bits per heavy atom. The Morgan fingerprint density at radius 2 is 1.91 bits per heavy atom. The lowest BCUT2D eigenvalue weighted by Crippen LogP contribution is -2.12. The molecule has 0 radical (unpaired) electrons. The van der Waals surface area contributed by atoms with Crippen molar-refractivity contribution in [3.63, 3.8) is 0 Å². The molecule has 0 aliphatic rings. The van der Waals surface area contributed by atoms with Crippen LogP contribution in [-0.4, -0.2) is 15.0 Å². The molecule has 2 aromatic carbocycles. The Kier molecular flexibility index (Phi) is 3.57. The third-order valence-corrected chi connectivity index (χ3v) is 3.83. The van der Waals surface area contributed by atoms with Crippen LogP contribution in [0, 0.1) is 10.1 Å². The van der Waals surface area contributed by atoms with Crippen molar-refractivity contribution in [2.75, 3.05) is 0 Å². The van der Waals surface area contributed by atoms with Gasteiger partial charge < -0.3 is 10.1 Å². The largest absolute Gasteiger partial charge is 0.501 e. The molecule has 0 spiro atoms. The first-order chi connectivity index (χ1) is 11.0. The second-order valence-electron chi connectivity index (χ2n) is 5.18. The number of hydrogen-bond acceptors (Lipinski definition) is 4. The van der Waals surface area contributed by atoms with Crippen LogP contribution >= 0.6 is 0 Å². The summed E-state index contributed by atoms with van der Waals surface area (Å²) in [5, 5.41) is 21.4. The number of hydrogen-bond donors (Lipinski definition) is 2. The molecule has 6 heteroatoms. The molecule has 0 atom stereocenters. The average molecular weight is 310 g/mol. The molecule has 0 fully saturated rings. The van der Waals surface area contributed by atoms with E-state index in [1.54, 1.807) is 12.1 Å². The van der Waals surface area contributed by atoms with Crippen LogP contribution in [0.3, 0.4) is 0 Å². The highest BCUT2D eigenvalue weighted by molar-refractivity contribution is 5.93. The van der Waals surface area contributed by atoms with Gasteiger partial charge in [0.1, 0.15) is 0 Å². The van der Waals surface area contributed by atoms with E-state index in [1.807, 2.05) is 37.3 Å². The molecule has 1 heterocycles. The van der Waals surface area contributed by atoms with Crippen molar-refractivity contribution in [2.45, 2.75) is 13.3 Å². The molecule has 0 bridgehead atoms. The van der Waals surface area contributed by atoms with Crippen LogP contribution in [0.1, 0.15) is 12.5 Å². The first-order valence-electron chi connectivity index (χ1n) is 7.14. The molecule has 0 amide bonds. The predicted molar refractivity (Wildman–Crippen MR) is 87.7 cm³/mol. The molecule has 0 saturated carbocycles. The molecule has 0 aliphatic heterocycles. The summed E-state index contributed by atoms with van der Waals surface area (Å²) in [6.07, 6.45) is 0.722. The van der Waals surface area contributed by atoms with E-state index < -0.39 is 21.9 Å². The van der Waals surface area contributed by atoms with Gasteiger partial charge in [-0.25, -0.2) is 0 Å². The molecule has 6 nitrogen and oxygen atoms in total. The van der Waals surface area contributed by atoms with Crippen LogP contribution in [0.5, 0.6) is 5.75 Å². The van der Waals surface area contributed by atoms with E-state index in [-0.39, 0.29) is 5.39 Å². The Bertz CT molecular complexity index is 962. The third kappa shape index (κ3) is 2.44. The molecular weight excluding hydrogens is 296 g/mol. The highest BCUT2D eigenvalue weighted by Crippen LogP contribution is 2.35. The van der Waals surface area contributed by atoms with Crippen LogP contribution in [-0.2, 0) is 6.42 Å². The molecule has 0 saturated heterocycles. The maximum atomic E-state index is 11.8. The Balaban J connectivity index is 2.39. The summed E-state index contributed by atoms with van der Waals surface area (Å²) in [5.74, 6) is -0.603. The van der Waals surface area contributed by atoms with Gasteiger partial charge in [-0.05, 0) is 35.2 Å². The smallest absolute Gasteiger partial charge is 0.375 e. The number of nitrogens with one attached hydrogen (secondary N) is 1. The van der Waals surface area contributed by atoms with Gasteiger partial charge in [-0.3, -0.25) is 14.9 Å². The predicted octanol–water partition coefficient (Wildman–Crippen LogP) is 3.37. The fraction of sp³-hybridized carbons (Fsp3) is 0.118. The van der Waals surface area contributed by atoms with Gasteiger partial charge in [0, 0.05) is 5.39 Å². The molecular formula is C17H14N2O4. The van der Waals surface area contributed by atoms with Crippen molar-refractivity contribution in [1.29, 1.82) is 0 Å².